The molecule has 0 bridgehead atoms. The number of hydrogen-bond acceptors (Lipinski definition) is 7. The Morgan fingerprint density at radius 3 is 2.70 bits per heavy atom. The molecule has 0 atom stereocenters. The standard InChI is InChI=1S/C22H21N5O3/c1-13-7-8-23-21-19(13)22(28)27(12-24-21)11-18-25-20(26-30-18)16-9-15(10-16)14-3-5-17(29-2)6-4-14/h3-8,12,15-16H,9-11H2,1-2H3/t15-,16-. The summed E-state index contributed by atoms with van der Waals surface area (Å²) in [5, 5.41) is 4.66. The molecule has 0 radical (unpaired) electrons. The van der Waals surface area contributed by atoms with Gasteiger partial charge in [0.05, 0.1) is 12.5 Å². The van der Waals surface area contributed by atoms with E-state index in [1.807, 2.05) is 19.1 Å². The van der Waals surface area contributed by atoms with Crippen LogP contribution in [-0.4, -0.2) is 31.8 Å². The molecule has 0 N–H and O–H groups in total. The lowest BCUT2D eigenvalue weighted by molar-refractivity contribution is 0.315. The molecule has 3 aromatic heterocycles. The maximum Gasteiger partial charge on any atom is 0.263 e. The lowest BCUT2D eigenvalue weighted by Gasteiger charge is -2.33. The quantitative estimate of drug-likeness (QED) is 0.505. The van der Waals surface area contributed by atoms with Crippen LogP contribution in [0, 0.1) is 6.92 Å². The van der Waals surface area contributed by atoms with Gasteiger partial charge in [0.2, 0.25) is 5.89 Å². The Morgan fingerprint density at radius 2 is 1.93 bits per heavy atom. The molecule has 0 aliphatic heterocycles. The van der Waals surface area contributed by atoms with E-state index in [9.17, 15) is 4.79 Å². The van der Waals surface area contributed by atoms with E-state index in [-0.39, 0.29) is 18.0 Å². The molecule has 152 valence electrons. The monoisotopic (exact) mass is 403 g/mol. The number of pyridine rings is 1. The predicted molar refractivity (Wildman–Crippen MR) is 110 cm³/mol. The maximum atomic E-state index is 12.8. The Morgan fingerprint density at radius 1 is 1.13 bits per heavy atom. The molecule has 0 amide bonds. The Labute approximate surface area is 172 Å². The highest BCUT2D eigenvalue weighted by Gasteiger charge is 2.34. The van der Waals surface area contributed by atoms with Gasteiger partial charge in [-0.15, -0.1) is 0 Å². The third kappa shape index (κ3) is 3.24. The number of rotatable bonds is 5. The zero-order valence-electron chi connectivity index (χ0n) is 16.8. The van der Waals surface area contributed by atoms with Gasteiger partial charge in [0.25, 0.3) is 5.56 Å². The van der Waals surface area contributed by atoms with Gasteiger partial charge in [-0.3, -0.25) is 9.36 Å². The van der Waals surface area contributed by atoms with Crippen LogP contribution in [-0.2, 0) is 6.54 Å². The Hall–Kier alpha value is -3.55. The van der Waals surface area contributed by atoms with Gasteiger partial charge in [-0.05, 0) is 55.0 Å². The van der Waals surface area contributed by atoms with Crippen LogP contribution >= 0.6 is 0 Å². The summed E-state index contributed by atoms with van der Waals surface area (Å²) in [7, 11) is 1.67. The fourth-order valence-electron chi connectivity index (χ4n) is 3.96. The fourth-order valence-corrected chi connectivity index (χ4v) is 3.96. The van der Waals surface area contributed by atoms with Crippen molar-refractivity contribution in [3.63, 3.8) is 0 Å². The first-order chi connectivity index (χ1) is 14.6. The molecule has 1 fully saturated rings. The minimum Gasteiger partial charge on any atom is -0.497 e. The number of methoxy groups -OCH3 is 1. The highest BCUT2D eigenvalue weighted by atomic mass is 16.5. The van der Waals surface area contributed by atoms with Crippen LogP contribution in [0.15, 0.2) is 52.2 Å². The third-order valence-electron chi connectivity index (χ3n) is 5.81. The number of nitrogens with zero attached hydrogens (tertiary/aromatic N) is 5. The molecule has 8 nitrogen and oxygen atoms in total. The average Bonchev–Trinajstić information content (AvgIpc) is 3.17. The normalized spacial score (nSPS) is 18.3. The summed E-state index contributed by atoms with van der Waals surface area (Å²) < 4.78 is 12.1. The molecule has 0 spiro atoms. The second-order valence-corrected chi connectivity index (χ2v) is 7.69. The molecular formula is C22H21N5O3. The van der Waals surface area contributed by atoms with Gasteiger partial charge >= 0.3 is 0 Å². The third-order valence-corrected chi connectivity index (χ3v) is 5.81. The van der Waals surface area contributed by atoms with Gasteiger partial charge in [-0.1, -0.05) is 17.3 Å². The van der Waals surface area contributed by atoms with E-state index in [1.165, 1.54) is 16.5 Å². The minimum atomic E-state index is -0.159. The van der Waals surface area contributed by atoms with Crippen molar-refractivity contribution in [1.82, 2.24) is 24.7 Å². The average molecular weight is 403 g/mol. The van der Waals surface area contributed by atoms with Gasteiger partial charge in [0, 0.05) is 12.1 Å². The van der Waals surface area contributed by atoms with E-state index in [4.69, 9.17) is 9.26 Å². The smallest absolute Gasteiger partial charge is 0.263 e. The summed E-state index contributed by atoms with van der Waals surface area (Å²) in [4.78, 5) is 25.8. The molecular weight excluding hydrogens is 382 g/mol. The van der Waals surface area contributed by atoms with Crippen LogP contribution in [0.4, 0.5) is 0 Å². The number of benzene rings is 1. The Balaban J connectivity index is 1.29. The van der Waals surface area contributed by atoms with Crippen LogP contribution < -0.4 is 10.3 Å². The van der Waals surface area contributed by atoms with Gasteiger partial charge < -0.3 is 9.26 Å². The molecule has 1 saturated carbocycles. The second-order valence-electron chi connectivity index (χ2n) is 7.69. The fraction of sp³-hybridized carbons (Fsp3) is 0.318. The van der Waals surface area contributed by atoms with Crippen LogP contribution in [0.2, 0.25) is 0 Å². The number of fused-ring (bicyclic) bond motifs is 1. The molecule has 30 heavy (non-hydrogen) atoms. The summed E-state index contributed by atoms with van der Waals surface area (Å²) in [6, 6.07) is 9.99. The molecule has 1 aliphatic carbocycles. The van der Waals surface area contributed by atoms with Gasteiger partial charge in [0.1, 0.15) is 18.6 Å². The summed E-state index contributed by atoms with van der Waals surface area (Å²) in [6.45, 7) is 2.07. The zero-order chi connectivity index (χ0) is 20.7. The Kier molecular flexibility index (Phi) is 4.54. The predicted octanol–water partition coefficient (Wildman–Crippen LogP) is 3.20. The van der Waals surface area contributed by atoms with Crippen molar-refractivity contribution < 1.29 is 9.26 Å². The van der Waals surface area contributed by atoms with Crippen molar-refractivity contribution in [1.29, 1.82) is 0 Å². The lowest BCUT2D eigenvalue weighted by Crippen LogP contribution is -2.23. The number of aromatic nitrogens is 5. The molecule has 5 rings (SSSR count). The molecule has 4 aromatic rings. The van der Waals surface area contributed by atoms with Crippen molar-refractivity contribution >= 4 is 11.0 Å². The number of hydrogen-bond donors (Lipinski definition) is 0. The van der Waals surface area contributed by atoms with Crippen molar-refractivity contribution in [2.45, 2.75) is 38.1 Å². The highest BCUT2D eigenvalue weighted by Crippen LogP contribution is 2.46. The molecule has 0 saturated heterocycles. The zero-order valence-corrected chi connectivity index (χ0v) is 16.8. The summed E-state index contributed by atoms with van der Waals surface area (Å²) >= 11 is 0. The summed E-state index contributed by atoms with van der Waals surface area (Å²) in [6.07, 6.45) is 5.09. The maximum absolute atomic E-state index is 12.8. The van der Waals surface area contributed by atoms with Gasteiger partial charge in [0.15, 0.2) is 11.5 Å². The van der Waals surface area contributed by atoms with E-state index >= 15 is 0 Å². The minimum absolute atomic E-state index is 0.159. The van der Waals surface area contributed by atoms with E-state index in [0.29, 0.717) is 28.7 Å². The lowest BCUT2D eigenvalue weighted by atomic mass is 9.71. The highest BCUT2D eigenvalue weighted by molar-refractivity contribution is 5.76. The van der Waals surface area contributed by atoms with Crippen LogP contribution in [0.5, 0.6) is 5.75 Å². The number of ether oxygens (including phenoxy) is 1. The summed E-state index contributed by atoms with van der Waals surface area (Å²) in [5.74, 6) is 2.73. The SMILES string of the molecule is COc1ccc([C@H]2C[C@H](c3noc(Cn4cnc5nccc(C)c5c4=O)n3)C2)cc1. The van der Waals surface area contributed by atoms with E-state index in [2.05, 4.69) is 32.2 Å². The first-order valence-corrected chi connectivity index (χ1v) is 9.89. The first-order valence-electron chi connectivity index (χ1n) is 9.89. The Bertz CT molecular complexity index is 1260. The van der Waals surface area contributed by atoms with Crippen molar-refractivity contribution in [2.75, 3.05) is 7.11 Å². The second kappa shape index (κ2) is 7.37. The van der Waals surface area contributed by atoms with E-state index in [1.54, 1.807) is 19.4 Å². The van der Waals surface area contributed by atoms with E-state index in [0.717, 1.165) is 24.2 Å². The van der Waals surface area contributed by atoms with Crippen molar-refractivity contribution in [3.8, 4) is 5.75 Å². The topological polar surface area (TPSA) is 95.9 Å². The van der Waals surface area contributed by atoms with Gasteiger partial charge in [-0.25, -0.2) is 9.97 Å². The molecule has 1 aliphatic rings. The largest absolute Gasteiger partial charge is 0.497 e. The molecule has 3 heterocycles. The molecule has 0 unspecified atom stereocenters. The molecule has 1 aromatic carbocycles. The number of aryl methyl sites for hydroxylation is 1. The van der Waals surface area contributed by atoms with Crippen LogP contribution in [0.1, 0.15) is 47.5 Å². The van der Waals surface area contributed by atoms with Crippen LogP contribution in [0.25, 0.3) is 11.0 Å². The first kappa shape index (κ1) is 18.5. The van der Waals surface area contributed by atoms with Crippen molar-refractivity contribution in [2.24, 2.45) is 0 Å². The summed E-state index contributed by atoms with van der Waals surface area (Å²) in [5.41, 5.74) is 2.43. The van der Waals surface area contributed by atoms with Crippen LogP contribution in [0.3, 0.4) is 0 Å². The molecule has 8 heteroatoms. The van der Waals surface area contributed by atoms with Gasteiger partial charge in [-0.2, -0.15) is 4.98 Å². The van der Waals surface area contributed by atoms with E-state index < -0.39 is 0 Å². The van der Waals surface area contributed by atoms with Crippen molar-refractivity contribution in [3.05, 3.63) is 76.1 Å².